The number of rotatable bonds is 2. The van der Waals surface area contributed by atoms with Gasteiger partial charge in [-0.15, -0.1) is 0 Å². The number of hydrogen-bond donors (Lipinski definition) is 2. The summed E-state index contributed by atoms with van der Waals surface area (Å²) < 4.78 is 0. The second-order valence-corrected chi connectivity index (χ2v) is 4.61. The monoisotopic (exact) mass is 249 g/mol. The first kappa shape index (κ1) is 11.5. The maximum atomic E-state index is 5.98. The summed E-state index contributed by atoms with van der Waals surface area (Å²) in [6.45, 7) is 2.08. The van der Waals surface area contributed by atoms with Gasteiger partial charge in [0.15, 0.2) is 0 Å². The molecule has 0 saturated heterocycles. The minimum atomic E-state index is 0.770. The highest BCUT2D eigenvalue weighted by atomic mass is 14.9. The molecule has 0 aliphatic rings. The van der Waals surface area contributed by atoms with Crippen LogP contribution in [0.4, 0.5) is 17.1 Å². The molecule has 3 rings (SSSR count). The van der Waals surface area contributed by atoms with Crippen LogP contribution in [0.2, 0.25) is 0 Å². The van der Waals surface area contributed by atoms with Crippen molar-refractivity contribution in [3.05, 3.63) is 60.4 Å². The Bertz CT molecular complexity index is 718. The lowest BCUT2D eigenvalue weighted by Gasteiger charge is -2.11. The standard InChI is InChI=1S/C16H15N3/c1-11-2-4-12(5-3-11)19-16-7-6-15(17)13-8-9-18-10-14(13)16/h2-10,19H,17H2,1H3. The van der Waals surface area contributed by atoms with Crippen molar-refractivity contribution in [1.29, 1.82) is 0 Å². The van der Waals surface area contributed by atoms with Crippen molar-refractivity contribution in [2.75, 3.05) is 11.1 Å². The van der Waals surface area contributed by atoms with Gasteiger partial charge in [-0.05, 0) is 37.3 Å². The molecule has 0 aliphatic heterocycles. The van der Waals surface area contributed by atoms with Gasteiger partial charge in [-0.25, -0.2) is 0 Å². The van der Waals surface area contributed by atoms with Crippen molar-refractivity contribution in [3.63, 3.8) is 0 Å². The highest BCUT2D eigenvalue weighted by Gasteiger charge is 2.04. The van der Waals surface area contributed by atoms with Gasteiger partial charge in [0.05, 0.1) is 0 Å². The Morgan fingerprint density at radius 1 is 0.947 bits per heavy atom. The number of nitrogen functional groups attached to an aromatic ring is 1. The van der Waals surface area contributed by atoms with Gasteiger partial charge in [0, 0.05) is 40.2 Å². The van der Waals surface area contributed by atoms with Crippen LogP contribution in [-0.4, -0.2) is 4.98 Å². The highest BCUT2D eigenvalue weighted by Crippen LogP contribution is 2.29. The molecule has 0 amide bonds. The third-order valence-corrected chi connectivity index (χ3v) is 3.18. The van der Waals surface area contributed by atoms with Crippen LogP contribution < -0.4 is 11.1 Å². The molecule has 0 fully saturated rings. The van der Waals surface area contributed by atoms with E-state index in [-0.39, 0.29) is 0 Å². The Hall–Kier alpha value is -2.55. The van der Waals surface area contributed by atoms with E-state index in [2.05, 4.69) is 41.5 Å². The average Bonchev–Trinajstić information content (AvgIpc) is 2.45. The molecule has 3 nitrogen and oxygen atoms in total. The maximum absolute atomic E-state index is 5.98. The average molecular weight is 249 g/mol. The molecule has 19 heavy (non-hydrogen) atoms. The van der Waals surface area contributed by atoms with Crippen LogP contribution in [0.25, 0.3) is 10.8 Å². The number of fused-ring (bicyclic) bond motifs is 1. The summed E-state index contributed by atoms with van der Waals surface area (Å²) in [6.07, 6.45) is 3.59. The lowest BCUT2D eigenvalue weighted by molar-refractivity contribution is 1.36. The zero-order chi connectivity index (χ0) is 13.2. The van der Waals surface area contributed by atoms with Crippen molar-refractivity contribution in [2.45, 2.75) is 6.92 Å². The number of anilines is 3. The first-order valence-corrected chi connectivity index (χ1v) is 6.20. The summed E-state index contributed by atoms with van der Waals surface area (Å²) >= 11 is 0. The molecule has 0 bridgehead atoms. The van der Waals surface area contributed by atoms with Crippen LogP contribution in [-0.2, 0) is 0 Å². The van der Waals surface area contributed by atoms with Gasteiger partial charge in [0.1, 0.15) is 0 Å². The number of aryl methyl sites for hydroxylation is 1. The van der Waals surface area contributed by atoms with E-state index in [0.29, 0.717) is 0 Å². The fourth-order valence-corrected chi connectivity index (χ4v) is 2.11. The van der Waals surface area contributed by atoms with Crippen LogP contribution >= 0.6 is 0 Å². The normalized spacial score (nSPS) is 10.6. The first-order chi connectivity index (χ1) is 9.24. The minimum Gasteiger partial charge on any atom is -0.398 e. The van der Waals surface area contributed by atoms with Crippen molar-refractivity contribution in [3.8, 4) is 0 Å². The highest BCUT2D eigenvalue weighted by molar-refractivity contribution is 6.01. The number of aromatic nitrogens is 1. The molecule has 3 heteroatoms. The molecule has 0 saturated carbocycles. The Morgan fingerprint density at radius 3 is 2.53 bits per heavy atom. The van der Waals surface area contributed by atoms with Gasteiger partial charge in [-0.2, -0.15) is 0 Å². The predicted octanol–water partition coefficient (Wildman–Crippen LogP) is 3.87. The van der Waals surface area contributed by atoms with E-state index in [9.17, 15) is 0 Å². The van der Waals surface area contributed by atoms with Crippen LogP contribution in [0, 0.1) is 6.92 Å². The molecule has 0 aliphatic carbocycles. The van der Waals surface area contributed by atoms with Gasteiger partial charge >= 0.3 is 0 Å². The number of benzene rings is 2. The largest absolute Gasteiger partial charge is 0.398 e. The molecular weight excluding hydrogens is 234 g/mol. The smallest absolute Gasteiger partial charge is 0.0481 e. The van der Waals surface area contributed by atoms with Crippen molar-refractivity contribution in [2.24, 2.45) is 0 Å². The number of nitrogens with one attached hydrogen (secondary N) is 1. The van der Waals surface area contributed by atoms with E-state index in [0.717, 1.165) is 27.8 Å². The topological polar surface area (TPSA) is 50.9 Å². The van der Waals surface area contributed by atoms with E-state index in [1.54, 1.807) is 6.20 Å². The van der Waals surface area contributed by atoms with Gasteiger partial charge in [-0.3, -0.25) is 4.98 Å². The van der Waals surface area contributed by atoms with E-state index < -0.39 is 0 Å². The third kappa shape index (κ3) is 2.22. The Labute approximate surface area is 112 Å². The first-order valence-electron chi connectivity index (χ1n) is 6.20. The summed E-state index contributed by atoms with van der Waals surface area (Å²) in [5, 5.41) is 5.46. The molecular formula is C16H15N3. The van der Waals surface area contributed by atoms with Crippen LogP contribution in [0.15, 0.2) is 54.9 Å². The molecule has 2 aromatic carbocycles. The van der Waals surface area contributed by atoms with Gasteiger partial charge in [-0.1, -0.05) is 17.7 Å². The molecule has 0 spiro atoms. The van der Waals surface area contributed by atoms with Crippen LogP contribution in [0.5, 0.6) is 0 Å². The third-order valence-electron chi connectivity index (χ3n) is 3.18. The number of nitrogens with zero attached hydrogens (tertiary/aromatic N) is 1. The number of pyridine rings is 1. The van der Waals surface area contributed by atoms with Crippen molar-refractivity contribution < 1.29 is 0 Å². The lowest BCUT2D eigenvalue weighted by Crippen LogP contribution is -1.94. The molecule has 0 atom stereocenters. The summed E-state index contributed by atoms with van der Waals surface area (Å²) in [5.41, 5.74) is 10.1. The molecule has 1 aromatic heterocycles. The van der Waals surface area contributed by atoms with Crippen molar-refractivity contribution >= 4 is 27.8 Å². The molecule has 3 N–H and O–H groups in total. The van der Waals surface area contributed by atoms with E-state index >= 15 is 0 Å². The summed E-state index contributed by atoms with van der Waals surface area (Å²) in [5.74, 6) is 0. The Kier molecular flexibility index (Phi) is 2.80. The van der Waals surface area contributed by atoms with Gasteiger partial charge < -0.3 is 11.1 Å². The van der Waals surface area contributed by atoms with Gasteiger partial charge in [0.25, 0.3) is 0 Å². The summed E-state index contributed by atoms with van der Waals surface area (Å²) in [6, 6.07) is 14.1. The number of hydrogen-bond acceptors (Lipinski definition) is 3. The zero-order valence-corrected chi connectivity index (χ0v) is 10.7. The van der Waals surface area contributed by atoms with Crippen molar-refractivity contribution in [1.82, 2.24) is 4.98 Å². The van der Waals surface area contributed by atoms with Gasteiger partial charge in [0.2, 0.25) is 0 Å². The second-order valence-electron chi connectivity index (χ2n) is 4.61. The Balaban J connectivity index is 2.06. The molecule has 0 unspecified atom stereocenters. The van der Waals surface area contributed by atoms with Crippen LogP contribution in [0.3, 0.4) is 0 Å². The molecule has 3 aromatic rings. The summed E-state index contributed by atoms with van der Waals surface area (Å²) in [4.78, 5) is 4.17. The summed E-state index contributed by atoms with van der Waals surface area (Å²) in [7, 11) is 0. The zero-order valence-electron chi connectivity index (χ0n) is 10.7. The molecule has 94 valence electrons. The van der Waals surface area contributed by atoms with E-state index in [4.69, 9.17) is 5.73 Å². The van der Waals surface area contributed by atoms with E-state index in [1.165, 1.54) is 5.56 Å². The fourth-order valence-electron chi connectivity index (χ4n) is 2.11. The lowest BCUT2D eigenvalue weighted by atomic mass is 10.1. The molecule has 0 radical (unpaired) electrons. The predicted molar refractivity (Wildman–Crippen MR) is 80.6 cm³/mol. The minimum absolute atomic E-state index is 0.770. The fraction of sp³-hybridized carbons (Fsp3) is 0.0625. The number of nitrogens with two attached hydrogens (primary N) is 1. The SMILES string of the molecule is Cc1ccc(Nc2ccc(N)c3ccncc23)cc1. The second kappa shape index (κ2) is 4.61. The quantitative estimate of drug-likeness (QED) is 0.678. The molecule has 1 heterocycles. The maximum Gasteiger partial charge on any atom is 0.0481 e. The van der Waals surface area contributed by atoms with E-state index in [1.807, 2.05) is 24.4 Å². The van der Waals surface area contributed by atoms with Crippen LogP contribution in [0.1, 0.15) is 5.56 Å². The Morgan fingerprint density at radius 2 is 1.74 bits per heavy atom.